The Morgan fingerprint density at radius 2 is 1.59 bits per heavy atom. The zero-order valence-electron chi connectivity index (χ0n) is 15.5. The van der Waals surface area contributed by atoms with Gasteiger partial charge in [0.1, 0.15) is 5.75 Å². The second-order valence-corrected chi connectivity index (χ2v) is 7.20. The first-order valence-corrected chi connectivity index (χ1v) is 9.06. The highest BCUT2D eigenvalue weighted by molar-refractivity contribution is 5.86. The summed E-state index contributed by atoms with van der Waals surface area (Å²) in [6, 6.07) is 26.2. The van der Waals surface area contributed by atoms with Crippen LogP contribution in [0.4, 0.5) is 0 Å². The van der Waals surface area contributed by atoms with Gasteiger partial charge < -0.3 is 5.11 Å². The van der Waals surface area contributed by atoms with Crippen molar-refractivity contribution in [2.75, 3.05) is 0 Å². The Bertz CT molecular complexity index is 1110. The minimum absolute atomic E-state index is 0.270. The molecule has 1 aromatic heterocycles. The van der Waals surface area contributed by atoms with E-state index in [2.05, 4.69) is 37.1 Å². The third kappa shape index (κ3) is 3.13. The quantitative estimate of drug-likeness (QED) is 0.479. The lowest BCUT2D eigenvalue weighted by Gasteiger charge is -2.27. The molecular formula is C24H22N2O. The summed E-state index contributed by atoms with van der Waals surface area (Å²) in [5.74, 6) is 0.270. The molecule has 0 saturated carbocycles. The van der Waals surface area contributed by atoms with Gasteiger partial charge in [-0.1, -0.05) is 74.5 Å². The second kappa shape index (κ2) is 6.76. The molecule has 0 fully saturated rings. The molecule has 4 aromatic rings. The number of hydrogen-bond donors (Lipinski definition) is 1. The molecule has 0 aliphatic rings. The monoisotopic (exact) mass is 354 g/mol. The van der Waals surface area contributed by atoms with Crippen LogP contribution in [0.15, 0.2) is 90.2 Å². The molecule has 0 amide bonds. The highest BCUT2D eigenvalue weighted by Crippen LogP contribution is 2.37. The van der Waals surface area contributed by atoms with Crippen LogP contribution in [0.3, 0.4) is 0 Å². The minimum atomic E-state index is -0.310. The van der Waals surface area contributed by atoms with Crippen molar-refractivity contribution in [2.45, 2.75) is 19.3 Å². The normalized spacial score (nSPS) is 12.1. The predicted octanol–water partition coefficient (Wildman–Crippen LogP) is 5.56. The number of phenols is 1. The van der Waals surface area contributed by atoms with E-state index in [9.17, 15) is 5.11 Å². The first kappa shape index (κ1) is 17.1. The van der Waals surface area contributed by atoms with Crippen molar-refractivity contribution in [1.82, 2.24) is 4.68 Å². The van der Waals surface area contributed by atoms with E-state index in [0.717, 1.165) is 22.0 Å². The number of benzene rings is 3. The standard InChI is InChI=1S/C24H22N2O/c1-24(2,20-11-4-3-5-12-20)21-13-8-10-19(23(21)27)17-25-26-16-15-18-9-6-7-14-22(18)26/h3-17,27H,1-2H3/b25-17+. The van der Waals surface area contributed by atoms with Crippen LogP contribution in [0, 0.1) is 0 Å². The molecule has 0 bridgehead atoms. The second-order valence-electron chi connectivity index (χ2n) is 7.20. The molecule has 0 saturated heterocycles. The number of nitrogens with zero attached hydrogens (tertiary/aromatic N) is 2. The van der Waals surface area contributed by atoms with Crippen LogP contribution in [0.2, 0.25) is 0 Å². The van der Waals surface area contributed by atoms with Crippen molar-refractivity contribution in [3.05, 3.63) is 102 Å². The Morgan fingerprint density at radius 1 is 0.852 bits per heavy atom. The van der Waals surface area contributed by atoms with E-state index in [4.69, 9.17) is 0 Å². The number of fused-ring (bicyclic) bond motifs is 1. The molecule has 0 atom stereocenters. The van der Waals surface area contributed by atoms with Crippen molar-refractivity contribution in [2.24, 2.45) is 5.10 Å². The lowest BCUT2D eigenvalue weighted by Crippen LogP contribution is -2.19. The van der Waals surface area contributed by atoms with Gasteiger partial charge in [-0.25, -0.2) is 4.68 Å². The summed E-state index contributed by atoms with van der Waals surface area (Å²) in [7, 11) is 0. The van der Waals surface area contributed by atoms with Crippen LogP contribution in [-0.2, 0) is 5.41 Å². The molecule has 134 valence electrons. The van der Waals surface area contributed by atoms with E-state index in [1.165, 1.54) is 0 Å². The highest BCUT2D eigenvalue weighted by atomic mass is 16.3. The lowest BCUT2D eigenvalue weighted by molar-refractivity contribution is 0.452. The van der Waals surface area contributed by atoms with Crippen molar-refractivity contribution in [3.63, 3.8) is 0 Å². The first-order valence-electron chi connectivity index (χ1n) is 9.06. The fourth-order valence-electron chi connectivity index (χ4n) is 3.47. The van der Waals surface area contributed by atoms with Gasteiger partial charge in [0.2, 0.25) is 0 Å². The summed E-state index contributed by atoms with van der Waals surface area (Å²) in [4.78, 5) is 0. The maximum absolute atomic E-state index is 10.9. The summed E-state index contributed by atoms with van der Waals surface area (Å²) < 4.78 is 1.82. The maximum atomic E-state index is 10.9. The molecule has 1 heterocycles. The molecule has 3 aromatic carbocycles. The Hall–Kier alpha value is -3.33. The molecule has 0 unspecified atom stereocenters. The Labute approximate surface area is 159 Å². The SMILES string of the molecule is CC(C)(c1ccccc1)c1cccc(/C=N/n2ccc3ccccc32)c1O. The van der Waals surface area contributed by atoms with Crippen LogP contribution < -0.4 is 0 Å². The maximum Gasteiger partial charge on any atom is 0.128 e. The molecule has 27 heavy (non-hydrogen) atoms. The van der Waals surface area contributed by atoms with Gasteiger partial charge in [-0.05, 0) is 23.8 Å². The van der Waals surface area contributed by atoms with Crippen LogP contribution in [0.5, 0.6) is 5.75 Å². The number of para-hydroxylation sites is 2. The van der Waals surface area contributed by atoms with Gasteiger partial charge in [0.25, 0.3) is 0 Å². The topological polar surface area (TPSA) is 37.5 Å². The number of phenolic OH excluding ortho intramolecular Hbond substituents is 1. The van der Waals surface area contributed by atoms with Crippen LogP contribution in [0.1, 0.15) is 30.5 Å². The van der Waals surface area contributed by atoms with E-state index in [0.29, 0.717) is 5.56 Å². The largest absolute Gasteiger partial charge is 0.507 e. The summed E-state index contributed by atoms with van der Waals surface area (Å²) in [6.45, 7) is 4.25. The van der Waals surface area contributed by atoms with E-state index in [1.807, 2.05) is 71.5 Å². The zero-order chi connectivity index (χ0) is 18.9. The highest BCUT2D eigenvalue weighted by Gasteiger charge is 2.26. The van der Waals surface area contributed by atoms with Crippen LogP contribution >= 0.6 is 0 Å². The number of rotatable bonds is 4. The van der Waals surface area contributed by atoms with Gasteiger partial charge in [-0.2, -0.15) is 5.10 Å². The Balaban J connectivity index is 1.72. The van der Waals surface area contributed by atoms with Gasteiger partial charge in [0, 0.05) is 28.1 Å². The molecule has 0 aliphatic carbocycles. The molecule has 3 nitrogen and oxygen atoms in total. The fourth-order valence-corrected chi connectivity index (χ4v) is 3.47. The van der Waals surface area contributed by atoms with Crippen molar-refractivity contribution >= 4 is 17.1 Å². The van der Waals surface area contributed by atoms with E-state index < -0.39 is 0 Å². The summed E-state index contributed by atoms with van der Waals surface area (Å²) in [6.07, 6.45) is 3.64. The molecule has 1 N–H and O–H groups in total. The Morgan fingerprint density at radius 3 is 2.41 bits per heavy atom. The van der Waals surface area contributed by atoms with Gasteiger partial charge in [-0.15, -0.1) is 0 Å². The van der Waals surface area contributed by atoms with Crippen molar-refractivity contribution in [3.8, 4) is 5.75 Å². The molecule has 3 heteroatoms. The van der Waals surface area contributed by atoms with Gasteiger partial charge >= 0.3 is 0 Å². The molecule has 4 rings (SSSR count). The third-order valence-electron chi connectivity index (χ3n) is 5.14. The van der Waals surface area contributed by atoms with Crippen molar-refractivity contribution in [1.29, 1.82) is 0 Å². The summed E-state index contributed by atoms with van der Waals surface area (Å²) in [5.41, 5.74) is 3.47. The minimum Gasteiger partial charge on any atom is -0.507 e. The van der Waals surface area contributed by atoms with E-state index >= 15 is 0 Å². The molecule has 0 aliphatic heterocycles. The van der Waals surface area contributed by atoms with Crippen molar-refractivity contribution < 1.29 is 5.11 Å². The first-order chi connectivity index (χ1) is 13.1. The lowest BCUT2D eigenvalue weighted by atomic mass is 9.77. The third-order valence-corrected chi connectivity index (χ3v) is 5.14. The summed E-state index contributed by atoms with van der Waals surface area (Å²) in [5, 5.41) is 16.6. The summed E-state index contributed by atoms with van der Waals surface area (Å²) >= 11 is 0. The average Bonchev–Trinajstić information content (AvgIpc) is 3.11. The van der Waals surface area contributed by atoms with Crippen LogP contribution in [0.25, 0.3) is 10.9 Å². The van der Waals surface area contributed by atoms with Gasteiger partial charge in [-0.3, -0.25) is 0 Å². The molecule has 0 spiro atoms. The smallest absolute Gasteiger partial charge is 0.128 e. The number of aromatic hydroxyl groups is 1. The zero-order valence-corrected chi connectivity index (χ0v) is 15.5. The van der Waals surface area contributed by atoms with Gasteiger partial charge in [0.05, 0.1) is 11.7 Å². The fraction of sp³-hybridized carbons (Fsp3) is 0.125. The van der Waals surface area contributed by atoms with E-state index in [1.54, 1.807) is 6.21 Å². The Kier molecular flexibility index (Phi) is 4.28. The van der Waals surface area contributed by atoms with Gasteiger partial charge in [0.15, 0.2) is 0 Å². The number of hydrogen-bond acceptors (Lipinski definition) is 2. The average molecular weight is 354 g/mol. The van der Waals surface area contributed by atoms with Crippen LogP contribution in [-0.4, -0.2) is 16.0 Å². The van der Waals surface area contributed by atoms with E-state index in [-0.39, 0.29) is 11.2 Å². The predicted molar refractivity (Wildman–Crippen MR) is 112 cm³/mol. The molecule has 0 radical (unpaired) electrons. The molecular weight excluding hydrogens is 332 g/mol. The number of aromatic nitrogens is 1.